The zero-order chi connectivity index (χ0) is 13.0. The summed E-state index contributed by atoms with van der Waals surface area (Å²) in [5, 5.41) is 1.31. The van der Waals surface area contributed by atoms with Crippen LogP contribution in [0, 0.1) is 5.82 Å². The molecule has 0 unspecified atom stereocenters. The van der Waals surface area contributed by atoms with Crippen molar-refractivity contribution in [2.75, 3.05) is 7.11 Å². The van der Waals surface area contributed by atoms with Gasteiger partial charge in [-0.1, -0.05) is 23.9 Å². The third-order valence-corrected chi connectivity index (χ3v) is 4.37. The van der Waals surface area contributed by atoms with Crippen LogP contribution in [-0.2, 0) is 9.53 Å². The second-order valence-corrected chi connectivity index (χ2v) is 5.62. The van der Waals surface area contributed by atoms with Gasteiger partial charge in [0.2, 0.25) is 0 Å². The average molecular weight is 283 g/mol. The molecule has 0 aliphatic carbocycles. The summed E-state index contributed by atoms with van der Waals surface area (Å²) in [5.74, 6) is -0.705. The predicted molar refractivity (Wildman–Crippen MR) is 69.1 cm³/mol. The van der Waals surface area contributed by atoms with Gasteiger partial charge in [-0.15, -0.1) is 11.3 Å². The molecule has 0 fully saturated rings. The van der Waals surface area contributed by atoms with Crippen molar-refractivity contribution in [2.24, 2.45) is 0 Å². The molecule has 94 valence electrons. The minimum absolute atomic E-state index is 0.332. The second kappa shape index (κ2) is 5.97. The zero-order valence-electron chi connectivity index (χ0n) is 9.50. The number of hydrogen-bond donors (Lipinski definition) is 0. The molecule has 0 saturated heterocycles. The van der Waals surface area contributed by atoms with Gasteiger partial charge in [0.1, 0.15) is 11.1 Å². The molecule has 1 heterocycles. The lowest BCUT2D eigenvalue weighted by Gasteiger charge is -2.12. The number of hydrogen-bond acceptors (Lipinski definition) is 5. The minimum Gasteiger partial charge on any atom is -0.468 e. The molecule has 0 aliphatic heterocycles. The number of aromatic nitrogens is 1. The van der Waals surface area contributed by atoms with E-state index in [1.807, 2.05) is 5.38 Å². The van der Waals surface area contributed by atoms with Crippen LogP contribution < -0.4 is 0 Å². The first-order valence-electron chi connectivity index (χ1n) is 5.10. The van der Waals surface area contributed by atoms with E-state index in [1.54, 1.807) is 18.3 Å². The van der Waals surface area contributed by atoms with Crippen LogP contribution in [0.25, 0.3) is 0 Å². The number of thioether (sulfide) groups is 1. The molecule has 2 rings (SSSR count). The van der Waals surface area contributed by atoms with Crippen LogP contribution in [0.3, 0.4) is 0 Å². The standard InChI is InChI=1S/C12H10FNO2S2/c1-16-11(15)10(18-12-14-6-7-17-12)8-2-4-9(13)5-3-8/h2-7,10H,1H3/t10-/m0/s1. The molecular formula is C12H10FNO2S2. The Morgan fingerprint density at radius 1 is 1.44 bits per heavy atom. The molecule has 0 N–H and O–H groups in total. The van der Waals surface area contributed by atoms with Gasteiger partial charge >= 0.3 is 5.97 Å². The van der Waals surface area contributed by atoms with Gasteiger partial charge in [-0.05, 0) is 17.7 Å². The van der Waals surface area contributed by atoms with Gasteiger partial charge in [-0.3, -0.25) is 4.79 Å². The molecule has 2 aromatic rings. The van der Waals surface area contributed by atoms with Crippen LogP contribution in [0.15, 0.2) is 40.2 Å². The van der Waals surface area contributed by atoms with Gasteiger partial charge in [0.05, 0.1) is 7.11 Å². The number of thiazole rings is 1. The summed E-state index contributed by atoms with van der Waals surface area (Å²) in [4.78, 5) is 15.9. The third kappa shape index (κ3) is 3.08. The van der Waals surface area contributed by atoms with E-state index in [0.29, 0.717) is 5.56 Å². The highest BCUT2D eigenvalue weighted by Crippen LogP contribution is 2.37. The van der Waals surface area contributed by atoms with Crippen molar-refractivity contribution in [1.82, 2.24) is 4.98 Å². The Balaban J connectivity index is 2.25. The maximum absolute atomic E-state index is 12.9. The molecule has 6 heteroatoms. The van der Waals surface area contributed by atoms with E-state index in [9.17, 15) is 9.18 Å². The van der Waals surface area contributed by atoms with E-state index in [2.05, 4.69) is 4.98 Å². The van der Waals surface area contributed by atoms with Crippen LogP contribution in [-0.4, -0.2) is 18.1 Å². The lowest BCUT2D eigenvalue weighted by atomic mass is 10.1. The summed E-state index contributed by atoms with van der Waals surface area (Å²) in [6, 6.07) is 5.82. The predicted octanol–water partition coefficient (Wildman–Crippen LogP) is 3.29. The smallest absolute Gasteiger partial charge is 0.323 e. The van der Waals surface area contributed by atoms with Crippen molar-refractivity contribution < 1.29 is 13.9 Å². The van der Waals surface area contributed by atoms with Gasteiger partial charge in [0, 0.05) is 11.6 Å². The SMILES string of the molecule is COC(=O)[C@@H](Sc1nccs1)c1ccc(F)cc1. The number of methoxy groups -OCH3 is 1. The zero-order valence-corrected chi connectivity index (χ0v) is 11.1. The van der Waals surface area contributed by atoms with Gasteiger partial charge in [0.15, 0.2) is 4.34 Å². The number of benzene rings is 1. The van der Waals surface area contributed by atoms with Crippen molar-refractivity contribution in [1.29, 1.82) is 0 Å². The molecule has 1 aromatic heterocycles. The first-order valence-corrected chi connectivity index (χ1v) is 6.86. The molecule has 1 aromatic carbocycles. The second-order valence-electron chi connectivity index (χ2n) is 3.37. The van der Waals surface area contributed by atoms with Crippen molar-refractivity contribution >= 4 is 29.1 Å². The van der Waals surface area contributed by atoms with E-state index in [1.165, 1.54) is 42.3 Å². The largest absolute Gasteiger partial charge is 0.468 e. The fourth-order valence-corrected chi connectivity index (χ4v) is 3.21. The number of ether oxygens (including phenoxy) is 1. The monoisotopic (exact) mass is 283 g/mol. The molecule has 0 spiro atoms. The molecular weight excluding hydrogens is 273 g/mol. The molecule has 0 bridgehead atoms. The first kappa shape index (κ1) is 13.0. The van der Waals surface area contributed by atoms with Crippen molar-refractivity contribution in [3.05, 3.63) is 47.2 Å². The number of nitrogens with zero attached hydrogens (tertiary/aromatic N) is 1. The van der Waals surface area contributed by atoms with Crippen LogP contribution in [0.2, 0.25) is 0 Å². The maximum atomic E-state index is 12.9. The highest BCUT2D eigenvalue weighted by atomic mass is 32.2. The Labute approximate surface area is 112 Å². The van der Waals surface area contributed by atoms with Gasteiger partial charge in [-0.25, -0.2) is 9.37 Å². The van der Waals surface area contributed by atoms with Crippen LogP contribution in [0.1, 0.15) is 10.8 Å². The Morgan fingerprint density at radius 3 is 2.72 bits per heavy atom. The lowest BCUT2D eigenvalue weighted by Crippen LogP contribution is -2.11. The van der Waals surface area contributed by atoms with E-state index < -0.39 is 5.25 Å². The van der Waals surface area contributed by atoms with E-state index in [4.69, 9.17) is 4.74 Å². The molecule has 18 heavy (non-hydrogen) atoms. The van der Waals surface area contributed by atoms with E-state index in [-0.39, 0.29) is 11.8 Å². The number of carbonyl (C=O) groups excluding carboxylic acids is 1. The summed E-state index contributed by atoms with van der Waals surface area (Å²) >= 11 is 2.74. The Bertz CT molecular complexity index is 513. The molecule has 1 atom stereocenters. The molecule has 0 radical (unpaired) electrons. The molecule has 3 nitrogen and oxygen atoms in total. The first-order chi connectivity index (χ1) is 8.70. The summed E-state index contributed by atoms with van der Waals surface area (Å²) in [7, 11) is 1.33. The third-order valence-electron chi connectivity index (χ3n) is 2.22. The normalized spacial score (nSPS) is 12.1. The van der Waals surface area contributed by atoms with Crippen LogP contribution >= 0.6 is 23.1 Å². The fourth-order valence-electron chi connectivity index (χ4n) is 1.37. The van der Waals surface area contributed by atoms with Crippen LogP contribution in [0.4, 0.5) is 4.39 Å². The highest BCUT2D eigenvalue weighted by Gasteiger charge is 2.23. The van der Waals surface area contributed by atoms with E-state index in [0.717, 1.165) is 4.34 Å². The quantitative estimate of drug-likeness (QED) is 0.637. The number of esters is 1. The Morgan fingerprint density at radius 2 is 2.17 bits per heavy atom. The van der Waals surface area contributed by atoms with Gasteiger partial charge < -0.3 is 4.74 Å². The summed E-state index contributed by atoms with van der Waals surface area (Å²) in [5.41, 5.74) is 0.698. The summed E-state index contributed by atoms with van der Waals surface area (Å²) in [6.45, 7) is 0. The summed E-state index contributed by atoms with van der Waals surface area (Å²) in [6.07, 6.45) is 1.67. The minimum atomic E-state index is -0.526. The average Bonchev–Trinajstić information content (AvgIpc) is 2.89. The van der Waals surface area contributed by atoms with Gasteiger partial charge in [0.25, 0.3) is 0 Å². The maximum Gasteiger partial charge on any atom is 0.323 e. The van der Waals surface area contributed by atoms with Crippen LogP contribution in [0.5, 0.6) is 0 Å². The molecule has 0 saturated carbocycles. The fraction of sp³-hybridized carbons (Fsp3) is 0.167. The molecule has 0 amide bonds. The van der Waals surface area contributed by atoms with Crippen molar-refractivity contribution in [3.8, 4) is 0 Å². The summed E-state index contributed by atoms with van der Waals surface area (Å²) < 4.78 is 18.4. The number of halogens is 1. The Hall–Kier alpha value is -1.40. The van der Waals surface area contributed by atoms with Crippen molar-refractivity contribution in [3.63, 3.8) is 0 Å². The van der Waals surface area contributed by atoms with Crippen molar-refractivity contribution in [2.45, 2.75) is 9.59 Å². The molecule has 0 aliphatic rings. The number of rotatable bonds is 4. The number of carbonyl (C=O) groups is 1. The highest BCUT2D eigenvalue weighted by molar-refractivity contribution is 8.01. The lowest BCUT2D eigenvalue weighted by molar-refractivity contribution is -0.140. The van der Waals surface area contributed by atoms with E-state index >= 15 is 0 Å². The topological polar surface area (TPSA) is 39.2 Å². The Kier molecular flexibility index (Phi) is 4.33. The van der Waals surface area contributed by atoms with Gasteiger partial charge in [-0.2, -0.15) is 0 Å².